The maximum Gasteiger partial charge on any atom is 0.416 e. The van der Waals surface area contributed by atoms with E-state index < -0.39 is 29.7 Å². The lowest BCUT2D eigenvalue weighted by Crippen LogP contribution is -2.47. The molecule has 0 aliphatic rings. The molecular weight excluding hydrogens is 287 g/mol. The Kier molecular flexibility index (Phi) is 5.71. The second-order valence-corrected chi connectivity index (χ2v) is 4.33. The summed E-state index contributed by atoms with van der Waals surface area (Å²) in [4.78, 5) is 22.5. The number of rotatable bonds is 4. The van der Waals surface area contributed by atoms with E-state index in [-0.39, 0.29) is 12.1 Å². The van der Waals surface area contributed by atoms with Gasteiger partial charge in [0.15, 0.2) is 0 Å². The smallest absolute Gasteiger partial charge is 0.341 e. The zero-order valence-corrected chi connectivity index (χ0v) is 11.5. The minimum atomic E-state index is -4.45. The van der Waals surface area contributed by atoms with Gasteiger partial charge in [0.1, 0.15) is 0 Å². The molecule has 1 aromatic rings. The van der Waals surface area contributed by atoms with E-state index in [1.165, 1.54) is 32.2 Å². The fourth-order valence-electron chi connectivity index (χ4n) is 1.59. The summed E-state index contributed by atoms with van der Waals surface area (Å²) in [5.74, 6) is -0.626. The summed E-state index contributed by atoms with van der Waals surface area (Å²) < 4.78 is 38.4. The molecule has 0 aliphatic carbocycles. The van der Waals surface area contributed by atoms with Gasteiger partial charge in [0.05, 0.1) is 11.6 Å². The Labute approximate surface area is 119 Å². The summed E-state index contributed by atoms with van der Waals surface area (Å²) in [7, 11) is 1.35. The van der Waals surface area contributed by atoms with Gasteiger partial charge in [-0.1, -0.05) is 18.2 Å². The van der Waals surface area contributed by atoms with Crippen LogP contribution in [0.25, 0.3) is 0 Å². The highest BCUT2D eigenvalue weighted by Crippen LogP contribution is 2.31. The van der Waals surface area contributed by atoms with Crippen LogP contribution >= 0.6 is 0 Å². The number of halogens is 3. The zero-order chi connectivity index (χ0) is 16.0. The molecule has 0 saturated heterocycles. The molecule has 8 heteroatoms. The van der Waals surface area contributed by atoms with E-state index in [0.29, 0.717) is 0 Å². The number of urea groups is 1. The van der Waals surface area contributed by atoms with Gasteiger partial charge in [-0.15, -0.1) is 0 Å². The van der Waals surface area contributed by atoms with Crippen LogP contribution in [0.4, 0.5) is 18.0 Å². The van der Waals surface area contributed by atoms with Crippen molar-refractivity contribution in [1.82, 2.24) is 16.0 Å². The Morgan fingerprint density at radius 1 is 1.24 bits per heavy atom. The molecule has 3 amide bonds. The van der Waals surface area contributed by atoms with Crippen molar-refractivity contribution in [2.75, 3.05) is 7.05 Å². The fourth-order valence-corrected chi connectivity index (χ4v) is 1.59. The summed E-state index contributed by atoms with van der Waals surface area (Å²) in [6, 6.07) is 3.61. The van der Waals surface area contributed by atoms with Crippen LogP contribution in [0, 0.1) is 0 Å². The van der Waals surface area contributed by atoms with Gasteiger partial charge in [-0.2, -0.15) is 13.2 Å². The summed E-state index contributed by atoms with van der Waals surface area (Å²) in [5.41, 5.74) is -0.721. The summed E-state index contributed by atoms with van der Waals surface area (Å²) in [6.07, 6.45) is -4.45. The third-order valence-electron chi connectivity index (χ3n) is 2.78. The SMILES string of the molecule is CNC(=O)NC(=O)C(C)NCc1ccccc1C(F)(F)F. The van der Waals surface area contributed by atoms with Crippen molar-refractivity contribution in [3.8, 4) is 0 Å². The minimum Gasteiger partial charge on any atom is -0.341 e. The first-order chi connectivity index (χ1) is 9.75. The molecule has 0 radical (unpaired) electrons. The van der Waals surface area contributed by atoms with E-state index in [9.17, 15) is 22.8 Å². The number of carbonyl (C=O) groups excluding carboxylic acids is 2. The topological polar surface area (TPSA) is 70.2 Å². The van der Waals surface area contributed by atoms with Gasteiger partial charge in [0.2, 0.25) is 5.91 Å². The molecule has 116 valence electrons. The van der Waals surface area contributed by atoms with Crippen LogP contribution in [0.2, 0.25) is 0 Å². The van der Waals surface area contributed by atoms with Crippen LogP contribution in [-0.4, -0.2) is 25.0 Å². The Morgan fingerprint density at radius 3 is 2.43 bits per heavy atom. The van der Waals surface area contributed by atoms with E-state index in [2.05, 4.69) is 10.6 Å². The summed E-state index contributed by atoms with van der Waals surface area (Å²) in [5, 5.41) is 6.89. The fraction of sp³-hybridized carbons (Fsp3) is 0.385. The summed E-state index contributed by atoms with van der Waals surface area (Å²) in [6.45, 7) is 1.31. The lowest BCUT2D eigenvalue weighted by Gasteiger charge is -2.16. The number of carbonyl (C=O) groups is 2. The highest BCUT2D eigenvalue weighted by atomic mass is 19.4. The average Bonchev–Trinajstić information content (AvgIpc) is 2.43. The maximum atomic E-state index is 12.8. The molecule has 0 saturated carbocycles. The van der Waals surface area contributed by atoms with Gasteiger partial charge in [-0.25, -0.2) is 4.79 Å². The molecule has 1 rings (SSSR count). The molecule has 0 aromatic heterocycles. The van der Waals surface area contributed by atoms with E-state index >= 15 is 0 Å². The van der Waals surface area contributed by atoms with Gasteiger partial charge in [-0.3, -0.25) is 10.1 Å². The Hall–Kier alpha value is -2.09. The normalized spacial score (nSPS) is 12.6. The number of amides is 3. The van der Waals surface area contributed by atoms with Crippen LogP contribution in [0.5, 0.6) is 0 Å². The van der Waals surface area contributed by atoms with Crippen LogP contribution < -0.4 is 16.0 Å². The maximum absolute atomic E-state index is 12.8. The molecule has 1 atom stereocenters. The van der Waals surface area contributed by atoms with Crippen molar-refractivity contribution < 1.29 is 22.8 Å². The molecule has 0 heterocycles. The molecule has 0 bridgehead atoms. The number of nitrogens with one attached hydrogen (secondary N) is 3. The Bertz CT molecular complexity index is 518. The molecule has 21 heavy (non-hydrogen) atoms. The third-order valence-corrected chi connectivity index (χ3v) is 2.78. The molecule has 1 aromatic carbocycles. The van der Waals surface area contributed by atoms with Gasteiger partial charge >= 0.3 is 12.2 Å². The monoisotopic (exact) mass is 303 g/mol. The molecule has 0 fully saturated rings. The lowest BCUT2D eigenvalue weighted by atomic mass is 10.1. The standard InChI is InChI=1S/C13H16F3N3O2/c1-8(11(20)19-12(21)17-2)18-7-9-5-3-4-6-10(9)13(14,15)16/h3-6,8,18H,7H2,1-2H3,(H2,17,19,20,21). The first kappa shape index (κ1) is 17.0. The molecule has 0 aliphatic heterocycles. The Balaban J connectivity index is 2.68. The van der Waals surface area contributed by atoms with E-state index in [4.69, 9.17) is 0 Å². The first-order valence-corrected chi connectivity index (χ1v) is 6.16. The van der Waals surface area contributed by atoms with Gasteiger partial charge in [-0.05, 0) is 18.6 Å². The largest absolute Gasteiger partial charge is 0.416 e. The van der Waals surface area contributed by atoms with Gasteiger partial charge in [0.25, 0.3) is 0 Å². The quantitative estimate of drug-likeness (QED) is 0.792. The molecule has 0 spiro atoms. The third kappa shape index (κ3) is 5.07. The highest BCUT2D eigenvalue weighted by Gasteiger charge is 2.32. The van der Waals surface area contributed by atoms with Crippen LogP contribution in [0.3, 0.4) is 0 Å². The number of imide groups is 1. The molecule has 1 unspecified atom stereocenters. The minimum absolute atomic E-state index is 0.0320. The number of benzene rings is 1. The molecular formula is C13H16F3N3O2. The van der Waals surface area contributed by atoms with Crippen molar-refractivity contribution in [3.05, 3.63) is 35.4 Å². The zero-order valence-electron chi connectivity index (χ0n) is 11.5. The number of hydrogen-bond acceptors (Lipinski definition) is 3. The second-order valence-electron chi connectivity index (χ2n) is 4.33. The van der Waals surface area contributed by atoms with E-state index in [1.807, 2.05) is 5.32 Å². The van der Waals surface area contributed by atoms with Crippen molar-refractivity contribution in [2.45, 2.75) is 25.7 Å². The number of alkyl halides is 3. The lowest BCUT2D eigenvalue weighted by molar-refractivity contribution is -0.138. The summed E-state index contributed by atoms with van der Waals surface area (Å²) >= 11 is 0. The van der Waals surface area contributed by atoms with E-state index in [0.717, 1.165) is 6.07 Å². The van der Waals surface area contributed by atoms with Crippen molar-refractivity contribution in [1.29, 1.82) is 0 Å². The van der Waals surface area contributed by atoms with Crippen LogP contribution in [-0.2, 0) is 17.5 Å². The second kappa shape index (κ2) is 7.07. The van der Waals surface area contributed by atoms with Gasteiger partial charge in [0, 0.05) is 13.6 Å². The van der Waals surface area contributed by atoms with E-state index in [1.54, 1.807) is 0 Å². The van der Waals surface area contributed by atoms with Crippen LogP contribution in [0.15, 0.2) is 24.3 Å². The average molecular weight is 303 g/mol. The molecule has 3 N–H and O–H groups in total. The predicted octanol–water partition coefficient (Wildman–Crippen LogP) is 1.64. The van der Waals surface area contributed by atoms with Crippen molar-refractivity contribution >= 4 is 11.9 Å². The number of hydrogen-bond donors (Lipinski definition) is 3. The van der Waals surface area contributed by atoms with Gasteiger partial charge < -0.3 is 10.6 Å². The molecule has 5 nitrogen and oxygen atoms in total. The van der Waals surface area contributed by atoms with Crippen LogP contribution in [0.1, 0.15) is 18.1 Å². The Morgan fingerprint density at radius 2 is 1.86 bits per heavy atom. The first-order valence-electron chi connectivity index (χ1n) is 6.16. The van der Waals surface area contributed by atoms with Crippen molar-refractivity contribution in [2.24, 2.45) is 0 Å². The predicted molar refractivity (Wildman–Crippen MR) is 70.3 cm³/mol. The van der Waals surface area contributed by atoms with Crippen molar-refractivity contribution in [3.63, 3.8) is 0 Å². The highest BCUT2D eigenvalue weighted by molar-refractivity contribution is 5.96.